The molecule has 1 aliphatic rings. The minimum absolute atomic E-state index is 0.0278. The molecular weight excluding hydrogens is 324 g/mol. The fourth-order valence-corrected chi connectivity index (χ4v) is 3.51. The largest absolute Gasteiger partial charge is 0.396 e. The minimum atomic E-state index is -4.03. The number of hydrogen-bond donors (Lipinski definition) is 2. The average Bonchev–Trinajstić information content (AvgIpc) is 2.56. The molecule has 2 rings (SSSR count). The SMILES string of the molecule is CCCCCC1=CCC(CO)CC1.Cc1ccccc1S(=O)(=O)O. The molecule has 1 atom stereocenters. The molecule has 1 unspecified atom stereocenters. The first-order valence-corrected chi connectivity index (χ1v) is 10.1. The van der Waals surface area contributed by atoms with Crippen molar-refractivity contribution in [3.05, 3.63) is 41.5 Å². The van der Waals surface area contributed by atoms with E-state index in [9.17, 15) is 8.42 Å². The highest BCUT2D eigenvalue weighted by atomic mass is 32.2. The second kappa shape index (κ2) is 10.6. The summed E-state index contributed by atoms with van der Waals surface area (Å²) in [5, 5.41) is 8.96. The van der Waals surface area contributed by atoms with Crippen molar-refractivity contribution in [3.63, 3.8) is 0 Å². The van der Waals surface area contributed by atoms with Crippen LogP contribution in [0, 0.1) is 12.8 Å². The number of aryl methyl sites for hydroxylation is 1. The van der Waals surface area contributed by atoms with E-state index in [0.717, 1.165) is 6.42 Å². The summed E-state index contributed by atoms with van der Waals surface area (Å²) in [6.07, 6.45) is 11.2. The maximum absolute atomic E-state index is 10.6. The summed E-state index contributed by atoms with van der Waals surface area (Å²) in [7, 11) is -4.03. The van der Waals surface area contributed by atoms with Gasteiger partial charge in [-0.3, -0.25) is 4.55 Å². The summed E-state index contributed by atoms with van der Waals surface area (Å²) >= 11 is 0. The fraction of sp³-hybridized carbons (Fsp3) is 0.579. The van der Waals surface area contributed by atoms with Gasteiger partial charge in [-0.05, 0) is 56.6 Å². The molecule has 0 saturated carbocycles. The van der Waals surface area contributed by atoms with E-state index in [0.29, 0.717) is 18.1 Å². The van der Waals surface area contributed by atoms with Gasteiger partial charge in [0.15, 0.2) is 0 Å². The normalized spacial score (nSPS) is 17.7. The predicted octanol–water partition coefficient (Wildman–Crippen LogP) is 4.53. The van der Waals surface area contributed by atoms with E-state index < -0.39 is 10.1 Å². The van der Waals surface area contributed by atoms with Crippen molar-refractivity contribution in [1.29, 1.82) is 0 Å². The number of allylic oxidation sites excluding steroid dienone is 2. The van der Waals surface area contributed by atoms with Crippen molar-refractivity contribution in [3.8, 4) is 0 Å². The van der Waals surface area contributed by atoms with Crippen LogP contribution in [-0.2, 0) is 10.1 Å². The smallest absolute Gasteiger partial charge is 0.294 e. The van der Waals surface area contributed by atoms with Gasteiger partial charge in [0.05, 0.1) is 4.90 Å². The molecule has 5 heteroatoms. The van der Waals surface area contributed by atoms with E-state index in [4.69, 9.17) is 9.66 Å². The lowest BCUT2D eigenvalue weighted by molar-refractivity contribution is 0.215. The number of unbranched alkanes of at least 4 members (excludes halogenated alkanes) is 2. The van der Waals surface area contributed by atoms with E-state index in [1.807, 2.05) is 0 Å². The highest BCUT2D eigenvalue weighted by Gasteiger charge is 2.12. The highest BCUT2D eigenvalue weighted by Crippen LogP contribution is 2.26. The fourth-order valence-electron chi connectivity index (χ4n) is 2.78. The number of hydrogen-bond acceptors (Lipinski definition) is 3. The van der Waals surface area contributed by atoms with Crippen LogP contribution in [0.1, 0.15) is 57.4 Å². The molecule has 2 N–H and O–H groups in total. The van der Waals surface area contributed by atoms with Crippen molar-refractivity contribution in [2.75, 3.05) is 6.61 Å². The maximum Gasteiger partial charge on any atom is 0.294 e. The Morgan fingerprint density at radius 1 is 1.21 bits per heavy atom. The lowest BCUT2D eigenvalue weighted by Crippen LogP contribution is -2.09. The summed E-state index contributed by atoms with van der Waals surface area (Å²) in [6, 6.07) is 6.27. The topological polar surface area (TPSA) is 74.6 Å². The van der Waals surface area contributed by atoms with Gasteiger partial charge in [-0.2, -0.15) is 8.42 Å². The summed E-state index contributed by atoms with van der Waals surface area (Å²) < 4.78 is 29.9. The van der Waals surface area contributed by atoms with Crippen molar-refractivity contribution >= 4 is 10.1 Å². The summed E-state index contributed by atoms with van der Waals surface area (Å²) in [6.45, 7) is 4.25. The van der Waals surface area contributed by atoms with Gasteiger partial charge in [-0.25, -0.2) is 0 Å². The van der Waals surface area contributed by atoms with Gasteiger partial charge in [0.2, 0.25) is 0 Å². The summed E-state index contributed by atoms with van der Waals surface area (Å²) in [5.74, 6) is 0.551. The van der Waals surface area contributed by atoms with E-state index >= 15 is 0 Å². The van der Waals surface area contributed by atoms with Gasteiger partial charge in [0, 0.05) is 6.61 Å². The molecule has 136 valence electrons. The lowest BCUT2D eigenvalue weighted by atomic mass is 9.88. The second-order valence-electron chi connectivity index (χ2n) is 6.38. The molecule has 0 aliphatic heterocycles. The lowest BCUT2D eigenvalue weighted by Gasteiger charge is -2.19. The van der Waals surface area contributed by atoms with Gasteiger partial charge < -0.3 is 5.11 Å². The van der Waals surface area contributed by atoms with Crippen LogP contribution in [0.5, 0.6) is 0 Å². The summed E-state index contributed by atoms with van der Waals surface area (Å²) in [5.41, 5.74) is 2.19. The van der Waals surface area contributed by atoms with Crippen molar-refractivity contribution in [2.45, 2.75) is 63.7 Å². The Bertz CT molecular complexity index is 620. The van der Waals surface area contributed by atoms with E-state index in [2.05, 4.69) is 13.0 Å². The molecule has 0 aromatic heterocycles. The quantitative estimate of drug-likeness (QED) is 0.447. The second-order valence-corrected chi connectivity index (χ2v) is 7.77. The van der Waals surface area contributed by atoms with E-state index in [1.54, 1.807) is 30.7 Å². The van der Waals surface area contributed by atoms with Crippen molar-refractivity contribution in [1.82, 2.24) is 0 Å². The van der Waals surface area contributed by atoms with Gasteiger partial charge in [0.25, 0.3) is 10.1 Å². The monoisotopic (exact) mass is 354 g/mol. The molecule has 0 amide bonds. The van der Waals surface area contributed by atoms with Crippen molar-refractivity contribution in [2.24, 2.45) is 5.92 Å². The number of aliphatic hydroxyl groups excluding tert-OH is 1. The first-order chi connectivity index (χ1) is 11.4. The molecule has 0 fully saturated rings. The molecule has 0 saturated heterocycles. The van der Waals surface area contributed by atoms with E-state index in [1.165, 1.54) is 44.6 Å². The van der Waals surface area contributed by atoms with Gasteiger partial charge in [0.1, 0.15) is 0 Å². The van der Waals surface area contributed by atoms with Crippen LogP contribution < -0.4 is 0 Å². The summed E-state index contributed by atoms with van der Waals surface area (Å²) in [4.78, 5) is -0.0278. The van der Waals surface area contributed by atoms with Gasteiger partial charge >= 0.3 is 0 Å². The standard InChI is InChI=1S/C12H22O.C7H8O3S/c1-2-3-4-5-11-6-8-12(10-13)9-7-11;1-6-4-2-3-5-7(6)11(8,9)10/h6,12-13H,2-5,7-10H2,1H3;2-5H,1H3,(H,8,9,10). The maximum atomic E-state index is 10.6. The molecule has 4 nitrogen and oxygen atoms in total. The van der Waals surface area contributed by atoms with E-state index in [-0.39, 0.29) is 4.90 Å². The van der Waals surface area contributed by atoms with Gasteiger partial charge in [-0.1, -0.05) is 49.6 Å². The number of aliphatic hydroxyl groups is 1. The van der Waals surface area contributed by atoms with Crippen molar-refractivity contribution < 1.29 is 18.1 Å². The molecule has 24 heavy (non-hydrogen) atoms. The predicted molar refractivity (Wildman–Crippen MR) is 97.6 cm³/mol. The van der Waals surface area contributed by atoms with Crippen LogP contribution >= 0.6 is 0 Å². The third-order valence-electron chi connectivity index (χ3n) is 4.34. The molecule has 1 aromatic carbocycles. The zero-order valence-corrected chi connectivity index (χ0v) is 15.6. The average molecular weight is 355 g/mol. The Morgan fingerprint density at radius 3 is 2.38 bits per heavy atom. The first-order valence-electron chi connectivity index (χ1n) is 8.70. The number of benzene rings is 1. The third-order valence-corrected chi connectivity index (χ3v) is 5.36. The van der Waals surface area contributed by atoms with Crippen LogP contribution in [-0.4, -0.2) is 24.7 Å². The highest BCUT2D eigenvalue weighted by molar-refractivity contribution is 7.85. The molecule has 0 heterocycles. The van der Waals surface area contributed by atoms with Crippen LogP contribution in [0.15, 0.2) is 40.8 Å². The number of rotatable bonds is 6. The molecule has 0 bridgehead atoms. The Kier molecular flexibility index (Phi) is 9.26. The molecular formula is C19H30O4S. The molecule has 1 aliphatic carbocycles. The Hall–Kier alpha value is -1.17. The Morgan fingerprint density at radius 2 is 1.92 bits per heavy atom. The first kappa shape index (κ1) is 20.9. The minimum Gasteiger partial charge on any atom is -0.396 e. The van der Waals surface area contributed by atoms with Gasteiger partial charge in [-0.15, -0.1) is 0 Å². The van der Waals surface area contributed by atoms with Crippen LogP contribution in [0.3, 0.4) is 0 Å². The third kappa shape index (κ3) is 7.60. The molecule has 0 spiro atoms. The Labute approximate surface area is 146 Å². The Balaban J connectivity index is 0.000000243. The molecule has 0 radical (unpaired) electrons. The van der Waals surface area contributed by atoms with Crippen LogP contribution in [0.2, 0.25) is 0 Å². The zero-order chi connectivity index (χ0) is 18.0. The van der Waals surface area contributed by atoms with Crippen LogP contribution in [0.25, 0.3) is 0 Å². The molecule has 1 aromatic rings. The van der Waals surface area contributed by atoms with Crippen LogP contribution in [0.4, 0.5) is 0 Å². The zero-order valence-electron chi connectivity index (χ0n) is 14.7.